The number of carboxylic acids is 1. The monoisotopic (exact) mass is 262 g/mol. The van der Waals surface area contributed by atoms with Crippen molar-refractivity contribution >= 4 is 12.1 Å². The number of aliphatic hydroxyl groups is 1. The predicted octanol–water partition coefficient (Wildman–Crippen LogP) is 0.883. The maximum atomic E-state index is 11.8. The largest absolute Gasteiger partial charge is 0.478 e. The Balaban J connectivity index is 4.98. The number of amides is 1. The zero-order valence-electron chi connectivity index (χ0n) is 11.7. The average Bonchev–Trinajstić information content (AvgIpc) is 2.15. The second-order valence-electron chi connectivity index (χ2n) is 5.05. The summed E-state index contributed by atoms with van der Waals surface area (Å²) in [4.78, 5) is 22.7. The molecule has 2 N–H and O–H groups in total. The highest BCUT2D eigenvalue weighted by molar-refractivity contribution is 5.76. The van der Waals surface area contributed by atoms with Gasteiger partial charge in [0.2, 0.25) is 5.72 Å². The number of carbonyl (C=O) groups is 2. The van der Waals surface area contributed by atoms with Crippen LogP contribution >= 0.6 is 0 Å². The molecule has 0 radical (unpaired) electrons. The van der Waals surface area contributed by atoms with E-state index in [-0.39, 0.29) is 6.54 Å². The number of rotatable bonds is 4. The van der Waals surface area contributed by atoms with Crippen LogP contribution in [0.25, 0.3) is 0 Å². The Labute approximate surface area is 107 Å². The summed E-state index contributed by atoms with van der Waals surface area (Å²) >= 11 is 0. The van der Waals surface area contributed by atoms with Crippen LogP contribution in [-0.4, -0.2) is 57.2 Å². The van der Waals surface area contributed by atoms with E-state index in [0.717, 1.165) is 16.9 Å². The van der Waals surface area contributed by atoms with Gasteiger partial charge in [-0.1, -0.05) is 6.92 Å². The van der Waals surface area contributed by atoms with Gasteiger partial charge in [0.1, 0.15) is 5.60 Å². The molecule has 0 aromatic carbocycles. The van der Waals surface area contributed by atoms with Gasteiger partial charge in [-0.15, -0.1) is 0 Å². The van der Waals surface area contributed by atoms with Crippen LogP contribution in [0.1, 0.15) is 34.6 Å². The topological polar surface area (TPSA) is 90.3 Å². The quantitative estimate of drug-likeness (QED) is 0.577. The van der Waals surface area contributed by atoms with E-state index in [1.165, 1.54) is 7.05 Å². The lowest BCUT2D eigenvalue weighted by Gasteiger charge is -2.39. The second-order valence-corrected chi connectivity index (χ2v) is 5.05. The van der Waals surface area contributed by atoms with E-state index in [1.807, 2.05) is 0 Å². The molecule has 0 rings (SSSR count). The summed E-state index contributed by atoms with van der Waals surface area (Å²) in [7, 11) is 1.34. The first-order valence-electron chi connectivity index (χ1n) is 5.63. The molecule has 0 aliphatic carbocycles. The van der Waals surface area contributed by atoms with Crippen LogP contribution in [0, 0.1) is 0 Å². The minimum Gasteiger partial charge on any atom is -0.478 e. The third-order valence-corrected chi connectivity index (χ3v) is 2.23. The van der Waals surface area contributed by atoms with Crippen LogP contribution in [0.15, 0.2) is 0 Å². The Morgan fingerprint density at radius 1 is 1.22 bits per heavy atom. The summed E-state index contributed by atoms with van der Waals surface area (Å²) in [5, 5.41) is 20.7. The molecule has 0 aliphatic rings. The molecule has 0 aliphatic heterocycles. The van der Waals surface area contributed by atoms with Gasteiger partial charge in [0.05, 0.1) is 0 Å². The molecule has 106 valence electrons. The highest BCUT2D eigenvalue weighted by atomic mass is 16.6. The zero-order valence-corrected chi connectivity index (χ0v) is 11.7. The summed E-state index contributed by atoms with van der Waals surface area (Å²) in [5.41, 5.74) is -2.87. The maximum absolute atomic E-state index is 11.8. The predicted molar refractivity (Wildman–Crippen MR) is 64.6 cm³/mol. The van der Waals surface area contributed by atoms with Crippen LogP contribution in [0.5, 0.6) is 0 Å². The Kier molecular flexibility index (Phi) is 5.12. The van der Waals surface area contributed by atoms with E-state index in [1.54, 1.807) is 27.7 Å². The normalized spacial score (nSPS) is 15.1. The first kappa shape index (κ1) is 16.7. The molecular weight excluding hydrogens is 240 g/mol. The minimum atomic E-state index is -2.18. The Morgan fingerprint density at radius 2 is 1.67 bits per heavy atom. The van der Waals surface area contributed by atoms with Gasteiger partial charge < -0.3 is 14.9 Å². The van der Waals surface area contributed by atoms with E-state index in [2.05, 4.69) is 0 Å². The van der Waals surface area contributed by atoms with E-state index < -0.39 is 23.4 Å². The molecule has 0 saturated heterocycles. The molecule has 0 saturated carbocycles. The van der Waals surface area contributed by atoms with E-state index in [9.17, 15) is 14.7 Å². The zero-order chi connectivity index (χ0) is 14.7. The van der Waals surface area contributed by atoms with Crippen molar-refractivity contribution in [2.75, 3.05) is 13.6 Å². The number of ether oxygens (including phenoxy) is 1. The van der Waals surface area contributed by atoms with E-state index >= 15 is 0 Å². The maximum Gasteiger partial charge on any atom is 0.424 e. The molecule has 1 amide bonds. The van der Waals surface area contributed by atoms with Crippen LogP contribution in [0.2, 0.25) is 0 Å². The average molecular weight is 262 g/mol. The van der Waals surface area contributed by atoms with Crippen LogP contribution < -0.4 is 0 Å². The molecular formula is C11H22N2O5. The van der Waals surface area contributed by atoms with Gasteiger partial charge in [-0.2, -0.15) is 5.01 Å². The number of likely N-dealkylation sites (N-methyl/N-ethyl adjacent to an activating group) is 1. The van der Waals surface area contributed by atoms with Crippen LogP contribution in [-0.2, 0) is 9.53 Å². The Morgan fingerprint density at radius 3 is 1.94 bits per heavy atom. The third-order valence-electron chi connectivity index (χ3n) is 2.23. The fourth-order valence-corrected chi connectivity index (χ4v) is 1.35. The van der Waals surface area contributed by atoms with Gasteiger partial charge >= 0.3 is 12.1 Å². The standard InChI is InChI=1S/C11H22N2O5/c1-7-13(11(5,17)8(14)15)12(6)9(16)18-10(2,3)4/h17H,7H2,1-6H3,(H,14,15)/t11-/m0/s1. The van der Waals surface area contributed by atoms with E-state index in [4.69, 9.17) is 9.84 Å². The Bertz CT molecular complexity index is 322. The fraction of sp³-hybridized carbons (Fsp3) is 0.818. The summed E-state index contributed by atoms with van der Waals surface area (Å²) in [5.74, 6) is -1.44. The lowest BCUT2D eigenvalue weighted by molar-refractivity contribution is -0.208. The van der Waals surface area contributed by atoms with Crippen LogP contribution in [0.3, 0.4) is 0 Å². The number of aliphatic carboxylic acids is 1. The summed E-state index contributed by atoms with van der Waals surface area (Å²) in [6.07, 6.45) is -0.731. The summed E-state index contributed by atoms with van der Waals surface area (Å²) < 4.78 is 5.10. The molecule has 0 bridgehead atoms. The Hall–Kier alpha value is -1.34. The van der Waals surface area contributed by atoms with Crippen molar-refractivity contribution in [1.29, 1.82) is 0 Å². The molecule has 7 nitrogen and oxygen atoms in total. The number of hydrazine groups is 1. The van der Waals surface area contributed by atoms with Crippen molar-refractivity contribution < 1.29 is 24.5 Å². The summed E-state index contributed by atoms with van der Waals surface area (Å²) in [6, 6.07) is 0. The van der Waals surface area contributed by atoms with Gasteiger partial charge in [-0.25, -0.2) is 14.6 Å². The van der Waals surface area contributed by atoms with Crippen LogP contribution in [0.4, 0.5) is 4.79 Å². The van der Waals surface area contributed by atoms with Crippen molar-refractivity contribution in [2.24, 2.45) is 0 Å². The molecule has 1 atom stereocenters. The van der Waals surface area contributed by atoms with Gasteiger partial charge in [0, 0.05) is 13.6 Å². The summed E-state index contributed by atoms with van der Waals surface area (Å²) in [6.45, 7) is 7.95. The lowest BCUT2D eigenvalue weighted by Crippen LogP contribution is -2.60. The van der Waals surface area contributed by atoms with Crippen molar-refractivity contribution in [3.8, 4) is 0 Å². The molecule has 0 spiro atoms. The first-order chi connectivity index (χ1) is 7.93. The highest BCUT2D eigenvalue weighted by Crippen LogP contribution is 2.17. The fourth-order valence-electron chi connectivity index (χ4n) is 1.35. The lowest BCUT2D eigenvalue weighted by atomic mass is 10.2. The number of carbonyl (C=O) groups excluding carboxylic acids is 1. The molecule has 0 aromatic rings. The smallest absolute Gasteiger partial charge is 0.424 e. The molecule has 0 unspecified atom stereocenters. The first-order valence-corrected chi connectivity index (χ1v) is 5.63. The molecule has 7 heteroatoms. The number of hydrogen-bond donors (Lipinski definition) is 2. The van der Waals surface area contributed by atoms with Gasteiger partial charge in [0.25, 0.3) is 0 Å². The van der Waals surface area contributed by atoms with Gasteiger partial charge in [-0.05, 0) is 27.7 Å². The molecule has 0 aromatic heterocycles. The van der Waals surface area contributed by atoms with Crippen molar-refractivity contribution in [3.05, 3.63) is 0 Å². The van der Waals surface area contributed by atoms with Crippen molar-refractivity contribution in [2.45, 2.75) is 45.9 Å². The highest BCUT2D eigenvalue weighted by Gasteiger charge is 2.41. The molecule has 0 heterocycles. The van der Waals surface area contributed by atoms with Crippen molar-refractivity contribution in [3.63, 3.8) is 0 Å². The van der Waals surface area contributed by atoms with E-state index in [0.29, 0.717) is 0 Å². The second kappa shape index (κ2) is 5.53. The van der Waals surface area contributed by atoms with Gasteiger partial charge in [0.15, 0.2) is 0 Å². The van der Waals surface area contributed by atoms with Gasteiger partial charge in [-0.3, -0.25) is 0 Å². The number of hydrogen-bond acceptors (Lipinski definition) is 5. The SMILES string of the molecule is CCN(N(C)C(=O)OC(C)(C)C)[C@@](C)(O)C(=O)O. The minimum absolute atomic E-state index is 0.134. The molecule has 18 heavy (non-hydrogen) atoms. The number of carboxylic acid groups (broad SMARTS) is 1. The third kappa shape index (κ3) is 4.15. The number of nitrogens with zero attached hydrogens (tertiary/aromatic N) is 2. The molecule has 0 fully saturated rings. The van der Waals surface area contributed by atoms with Crippen molar-refractivity contribution in [1.82, 2.24) is 10.0 Å².